The van der Waals surface area contributed by atoms with Gasteiger partial charge in [-0.05, 0) is 13.0 Å². The fourth-order valence-electron chi connectivity index (χ4n) is 0.356. The Kier molecular flexibility index (Phi) is 3.92. The zero-order chi connectivity index (χ0) is 7.28. The van der Waals surface area contributed by atoms with Gasteiger partial charge in [-0.3, -0.25) is 4.79 Å². The van der Waals surface area contributed by atoms with Crippen LogP contribution in [-0.2, 0) is 4.79 Å². The summed E-state index contributed by atoms with van der Waals surface area (Å²) in [5.41, 5.74) is 0. The number of ketones is 1. The molecule has 0 aliphatic heterocycles. The summed E-state index contributed by atoms with van der Waals surface area (Å²) in [5.74, 6) is -0.0874. The van der Waals surface area contributed by atoms with Crippen molar-refractivity contribution in [2.45, 2.75) is 19.6 Å². The fourth-order valence-corrected chi connectivity index (χ4v) is 0.356. The Labute approximate surface area is 53.6 Å². The van der Waals surface area contributed by atoms with Crippen LogP contribution in [-0.4, -0.2) is 22.3 Å². The Bertz CT molecular complexity index is 115. The van der Waals surface area contributed by atoms with Gasteiger partial charge < -0.3 is 10.2 Å². The number of hydrogen-bond acceptors (Lipinski definition) is 3. The van der Waals surface area contributed by atoms with Gasteiger partial charge in [0.2, 0.25) is 0 Å². The highest BCUT2D eigenvalue weighted by molar-refractivity contribution is 5.87. The highest BCUT2D eigenvalue weighted by atomic mass is 16.5. The number of rotatable bonds is 3. The zero-order valence-corrected chi connectivity index (χ0v) is 5.24. The first kappa shape index (κ1) is 8.33. The van der Waals surface area contributed by atoms with Gasteiger partial charge in [0, 0.05) is 6.42 Å². The van der Waals surface area contributed by atoms with Crippen molar-refractivity contribution in [3.05, 3.63) is 12.2 Å². The van der Waals surface area contributed by atoms with Gasteiger partial charge in [0.1, 0.15) is 0 Å². The van der Waals surface area contributed by atoms with Crippen LogP contribution in [0.2, 0.25) is 0 Å². The smallest absolute Gasteiger partial charge is 0.154 e. The van der Waals surface area contributed by atoms with Crippen LogP contribution in [0.15, 0.2) is 12.2 Å². The van der Waals surface area contributed by atoms with Crippen LogP contribution in [0.25, 0.3) is 0 Å². The monoisotopic (exact) mass is 130 g/mol. The molecular weight excluding hydrogens is 120 g/mol. The van der Waals surface area contributed by atoms with Gasteiger partial charge in [-0.1, -0.05) is 6.08 Å². The predicted octanol–water partition coefficient (Wildman–Crippen LogP) is -0.168. The SMILES string of the molecule is CC(=O)/C=C\CC(O)O. The van der Waals surface area contributed by atoms with Crippen LogP contribution in [0.3, 0.4) is 0 Å². The molecule has 0 saturated heterocycles. The molecule has 0 aromatic rings. The Hall–Kier alpha value is -0.670. The second-order valence-electron chi connectivity index (χ2n) is 1.73. The minimum absolute atomic E-state index is 0.0874. The average Bonchev–Trinajstić information content (AvgIpc) is 1.63. The largest absolute Gasteiger partial charge is 0.368 e. The summed E-state index contributed by atoms with van der Waals surface area (Å²) in [6.07, 6.45) is 1.49. The van der Waals surface area contributed by atoms with Gasteiger partial charge in [0.05, 0.1) is 0 Å². The topological polar surface area (TPSA) is 57.5 Å². The summed E-state index contributed by atoms with van der Waals surface area (Å²) < 4.78 is 0. The molecule has 0 radical (unpaired) electrons. The minimum Gasteiger partial charge on any atom is -0.368 e. The number of carbonyl (C=O) groups excluding carboxylic acids is 1. The van der Waals surface area contributed by atoms with E-state index in [2.05, 4.69) is 0 Å². The highest BCUT2D eigenvalue weighted by Crippen LogP contribution is 1.87. The summed E-state index contributed by atoms with van der Waals surface area (Å²) in [5, 5.41) is 16.5. The Morgan fingerprint density at radius 2 is 2.22 bits per heavy atom. The van der Waals surface area contributed by atoms with E-state index in [1.165, 1.54) is 19.1 Å². The maximum atomic E-state index is 10.2. The van der Waals surface area contributed by atoms with E-state index >= 15 is 0 Å². The molecule has 0 bridgehead atoms. The van der Waals surface area contributed by atoms with E-state index in [-0.39, 0.29) is 12.2 Å². The molecule has 0 spiro atoms. The average molecular weight is 130 g/mol. The van der Waals surface area contributed by atoms with Crippen LogP contribution < -0.4 is 0 Å². The van der Waals surface area contributed by atoms with Gasteiger partial charge in [0.15, 0.2) is 12.1 Å². The lowest BCUT2D eigenvalue weighted by Gasteiger charge is -1.93. The molecule has 3 nitrogen and oxygen atoms in total. The van der Waals surface area contributed by atoms with Crippen molar-refractivity contribution in [2.75, 3.05) is 0 Å². The molecule has 0 aromatic carbocycles. The van der Waals surface area contributed by atoms with Crippen LogP contribution in [0.5, 0.6) is 0 Å². The van der Waals surface area contributed by atoms with Crippen molar-refractivity contribution in [3.8, 4) is 0 Å². The molecule has 3 heteroatoms. The molecule has 0 aromatic heterocycles. The van der Waals surface area contributed by atoms with Crippen LogP contribution >= 0.6 is 0 Å². The molecule has 0 fully saturated rings. The minimum atomic E-state index is -1.35. The second-order valence-corrected chi connectivity index (χ2v) is 1.73. The Morgan fingerprint density at radius 3 is 2.56 bits per heavy atom. The number of allylic oxidation sites excluding steroid dienone is 1. The van der Waals surface area contributed by atoms with E-state index in [9.17, 15) is 4.79 Å². The molecule has 2 N–H and O–H groups in total. The quantitative estimate of drug-likeness (QED) is 0.412. The molecule has 0 amide bonds. The van der Waals surface area contributed by atoms with Crippen molar-refractivity contribution in [3.63, 3.8) is 0 Å². The van der Waals surface area contributed by atoms with E-state index in [0.717, 1.165) is 0 Å². The fraction of sp³-hybridized carbons (Fsp3) is 0.500. The molecule has 0 aliphatic rings. The standard InChI is InChI=1S/C6H10O3/c1-5(7)3-2-4-6(8)9/h2-3,6,8-9H,4H2,1H3/b3-2-. The summed E-state index contributed by atoms with van der Waals surface area (Å²) in [7, 11) is 0. The lowest BCUT2D eigenvalue weighted by atomic mass is 10.3. The van der Waals surface area contributed by atoms with Gasteiger partial charge in [0.25, 0.3) is 0 Å². The Morgan fingerprint density at radius 1 is 1.67 bits per heavy atom. The number of carbonyl (C=O) groups is 1. The first-order valence-corrected chi connectivity index (χ1v) is 2.66. The highest BCUT2D eigenvalue weighted by Gasteiger charge is 1.90. The molecule has 9 heavy (non-hydrogen) atoms. The normalized spacial score (nSPS) is 11.1. The maximum Gasteiger partial charge on any atom is 0.154 e. The third-order valence-electron chi connectivity index (χ3n) is 0.699. The van der Waals surface area contributed by atoms with E-state index in [1.54, 1.807) is 0 Å². The number of aliphatic hydroxyl groups is 2. The molecule has 0 atom stereocenters. The molecule has 0 unspecified atom stereocenters. The molecule has 0 heterocycles. The number of hydrogen-bond donors (Lipinski definition) is 2. The van der Waals surface area contributed by atoms with Crippen LogP contribution in [0.4, 0.5) is 0 Å². The maximum absolute atomic E-state index is 10.2. The van der Waals surface area contributed by atoms with Gasteiger partial charge in [-0.25, -0.2) is 0 Å². The van der Waals surface area contributed by atoms with Crippen LogP contribution in [0.1, 0.15) is 13.3 Å². The zero-order valence-electron chi connectivity index (χ0n) is 5.24. The summed E-state index contributed by atoms with van der Waals surface area (Å²) >= 11 is 0. The second kappa shape index (κ2) is 4.23. The molecule has 0 rings (SSSR count). The van der Waals surface area contributed by atoms with Crippen molar-refractivity contribution in [2.24, 2.45) is 0 Å². The first-order chi connectivity index (χ1) is 4.13. The Balaban J connectivity index is 3.36. The van der Waals surface area contributed by atoms with Crippen molar-refractivity contribution < 1.29 is 15.0 Å². The summed E-state index contributed by atoms with van der Waals surface area (Å²) in [4.78, 5) is 10.2. The predicted molar refractivity (Wildman–Crippen MR) is 32.7 cm³/mol. The lowest BCUT2D eigenvalue weighted by molar-refractivity contribution is -0.112. The molecule has 52 valence electrons. The lowest BCUT2D eigenvalue weighted by Crippen LogP contribution is -2.01. The van der Waals surface area contributed by atoms with Gasteiger partial charge in [-0.2, -0.15) is 0 Å². The van der Waals surface area contributed by atoms with Crippen molar-refractivity contribution in [1.82, 2.24) is 0 Å². The van der Waals surface area contributed by atoms with Gasteiger partial charge in [-0.15, -0.1) is 0 Å². The van der Waals surface area contributed by atoms with Gasteiger partial charge >= 0.3 is 0 Å². The van der Waals surface area contributed by atoms with E-state index < -0.39 is 6.29 Å². The molecular formula is C6H10O3. The first-order valence-electron chi connectivity index (χ1n) is 2.66. The molecule has 0 aliphatic carbocycles. The summed E-state index contributed by atoms with van der Waals surface area (Å²) in [6.45, 7) is 1.40. The van der Waals surface area contributed by atoms with E-state index in [4.69, 9.17) is 10.2 Å². The van der Waals surface area contributed by atoms with E-state index in [0.29, 0.717) is 0 Å². The number of aliphatic hydroxyl groups excluding tert-OH is 1. The van der Waals surface area contributed by atoms with Crippen molar-refractivity contribution in [1.29, 1.82) is 0 Å². The molecule has 0 saturated carbocycles. The summed E-state index contributed by atoms with van der Waals surface area (Å²) in [6, 6.07) is 0. The third-order valence-corrected chi connectivity index (χ3v) is 0.699. The third kappa shape index (κ3) is 7.33. The van der Waals surface area contributed by atoms with Crippen molar-refractivity contribution >= 4 is 5.78 Å². The van der Waals surface area contributed by atoms with E-state index in [1.807, 2.05) is 0 Å². The van der Waals surface area contributed by atoms with Crippen LogP contribution in [0, 0.1) is 0 Å².